The van der Waals surface area contributed by atoms with Crippen molar-refractivity contribution in [3.8, 4) is 0 Å². The van der Waals surface area contributed by atoms with Crippen LogP contribution in [0.25, 0.3) is 0 Å². The molecule has 1 aromatic heterocycles. The summed E-state index contributed by atoms with van der Waals surface area (Å²) < 4.78 is 33.7. The van der Waals surface area contributed by atoms with Crippen LogP contribution >= 0.6 is 11.5 Å². The highest BCUT2D eigenvalue weighted by atomic mass is 32.2. The molecule has 1 fully saturated rings. The first-order valence-corrected chi connectivity index (χ1v) is 11.6. The van der Waals surface area contributed by atoms with Crippen molar-refractivity contribution in [1.82, 2.24) is 14.5 Å². The lowest BCUT2D eigenvalue weighted by Gasteiger charge is -2.35. The standard InChI is InChI=1S/C18H21N3O4S2/c1-27(23,24)18-15(19-20-26-18)13-6-9-21(10-7-13)17(22)16-14-5-3-2-4-12(14)8-11-25-16/h2-5,13,16H,6-11H2,1H3/t16-/m0/s1. The second-order valence-electron chi connectivity index (χ2n) is 7.02. The zero-order valence-electron chi connectivity index (χ0n) is 15.0. The highest BCUT2D eigenvalue weighted by Gasteiger charge is 2.35. The van der Waals surface area contributed by atoms with Crippen LogP contribution in [0, 0.1) is 0 Å². The van der Waals surface area contributed by atoms with Gasteiger partial charge in [0.1, 0.15) is 0 Å². The molecule has 4 rings (SSSR count). The van der Waals surface area contributed by atoms with E-state index in [4.69, 9.17) is 4.74 Å². The third kappa shape index (κ3) is 3.63. The van der Waals surface area contributed by atoms with Gasteiger partial charge < -0.3 is 9.64 Å². The number of hydrogen-bond donors (Lipinski definition) is 0. The number of sulfone groups is 1. The van der Waals surface area contributed by atoms with Gasteiger partial charge in [-0.3, -0.25) is 4.79 Å². The number of aromatic nitrogens is 2. The summed E-state index contributed by atoms with van der Waals surface area (Å²) in [5, 5.41) is 4.06. The molecule has 2 aromatic rings. The number of piperidine rings is 1. The Morgan fingerprint density at radius 1 is 1.26 bits per heavy atom. The Balaban J connectivity index is 1.46. The van der Waals surface area contributed by atoms with Crippen LogP contribution < -0.4 is 0 Å². The van der Waals surface area contributed by atoms with E-state index >= 15 is 0 Å². The summed E-state index contributed by atoms with van der Waals surface area (Å²) in [6.07, 6.45) is 2.82. The van der Waals surface area contributed by atoms with E-state index in [1.807, 2.05) is 29.2 Å². The molecule has 0 unspecified atom stereocenters. The van der Waals surface area contributed by atoms with Gasteiger partial charge in [0.15, 0.2) is 20.2 Å². The fourth-order valence-electron chi connectivity index (χ4n) is 3.83. The maximum absolute atomic E-state index is 13.0. The minimum absolute atomic E-state index is 0.0112. The van der Waals surface area contributed by atoms with Crippen LogP contribution in [0.15, 0.2) is 28.5 Å². The molecule has 0 radical (unpaired) electrons. The molecule has 1 amide bonds. The molecule has 2 aliphatic rings. The topological polar surface area (TPSA) is 89.5 Å². The molecule has 7 nitrogen and oxygen atoms in total. The van der Waals surface area contributed by atoms with E-state index in [-0.39, 0.29) is 16.0 Å². The number of likely N-dealkylation sites (tertiary alicyclic amines) is 1. The summed E-state index contributed by atoms with van der Waals surface area (Å²) in [6, 6.07) is 7.93. The summed E-state index contributed by atoms with van der Waals surface area (Å²) in [5.41, 5.74) is 2.68. The molecule has 1 saturated heterocycles. The normalized spacial score (nSPS) is 21.1. The van der Waals surface area contributed by atoms with Gasteiger partial charge in [0.2, 0.25) is 0 Å². The van der Waals surface area contributed by atoms with Crippen LogP contribution in [0.3, 0.4) is 0 Å². The molecule has 1 atom stereocenters. The number of nitrogens with zero attached hydrogens (tertiary/aromatic N) is 3. The van der Waals surface area contributed by atoms with Gasteiger partial charge in [-0.2, -0.15) is 0 Å². The lowest BCUT2D eigenvalue weighted by atomic mass is 9.92. The van der Waals surface area contributed by atoms with Crippen molar-refractivity contribution >= 4 is 27.3 Å². The van der Waals surface area contributed by atoms with Crippen molar-refractivity contribution in [2.24, 2.45) is 0 Å². The number of hydrogen-bond acceptors (Lipinski definition) is 7. The summed E-state index contributed by atoms with van der Waals surface area (Å²) in [6.45, 7) is 1.67. The minimum atomic E-state index is -3.33. The molecule has 0 bridgehead atoms. The zero-order chi connectivity index (χ0) is 19.0. The van der Waals surface area contributed by atoms with E-state index in [1.165, 1.54) is 11.8 Å². The molecule has 0 N–H and O–H groups in total. The van der Waals surface area contributed by atoms with E-state index in [9.17, 15) is 13.2 Å². The SMILES string of the molecule is CS(=O)(=O)c1snnc1C1CCN(C(=O)[C@H]2OCCc3ccccc32)CC1. The predicted octanol–water partition coefficient (Wildman–Crippen LogP) is 1.96. The fourth-order valence-corrected chi connectivity index (χ4v) is 5.57. The van der Waals surface area contributed by atoms with E-state index in [0.717, 1.165) is 23.5 Å². The number of fused-ring (bicyclic) bond motifs is 1. The Morgan fingerprint density at radius 3 is 2.74 bits per heavy atom. The quantitative estimate of drug-likeness (QED) is 0.773. The smallest absolute Gasteiger partial charge is 0.256 e. The number of benzene rings is 1. The van der Waals surface area contributed by atoms with Gasteiger partial charge in [0.25, 0.3) is 5.91 Å². The highest BCUT2D eigenvalue weighted by Crippen LogP contribution is 2.35. The first-order valence-electron chi connectivity index (χ1n) is 8.95. The lowest BCUT2D eigenvalue weighted by molar-refractivity contribution is -0.146. The zero-order valence-corrected chi connectivity index (χ0v) is 16.6. The van der Waals surface area contributed by atoms with Gasteiger partial charge in [-0.1, -0.05) is 28.8 Å². The van der Waals surface area contributed by atoms with Gasteiger partial charge in [0.05, 0.1) is 12.3 Å². The Kier molecular flexibility index (Phi) is 5.00. The molecule has 2 aliphatic heterocycles. The highest BCUT2D eigenvalue weighted by molar-refractivity contribution is 7.92. The van der Waals surface area contributed by atoms with Crippen molar-refractivity contribution in [1.29, 1.82) is 0 Å². The molecule has 0 aliphatic carbocycles. The second kappa shape index (κ2) is 7.29. The van der Waals surface area contributed by atoms with Gasteiger partial charge in [0, 0.05) is 36.8 Å². The third-order valence-electron chi connectivity index (χ3n) is 5.23. The molecule has 0 saturated carbocycles. The predicted molar refractivity (Wildman–Crippen MR) is 100 cm³/mol. The van der Waals surface area contributed by atoms with Crippen LogP contribution in [-0.2, 0) is 25.8 Å². The fraction of sp³-hybridized carbons (Fsp3) is 0.500. The van der Waals surface area contributed by atoms with Gasteiger partial charge in [-0.25, -0.2) is 8.42 Å². The number of carbonyl (C=O) groups excluding carboxylic acids is 1. The molecular weight excluding hydrogens is 386 g/mol. The van der Waals surface area contributed by atoms with E-state index < -0.39 is 15.9 Å². The van der Waals surface area contributed by atoms with Gasteiger partial charge >= 0.3 is 0 Å². The van der Waals surface area contributed by atoms with Crippen molar-refractivity contribution in [3.63, 3.8) is 0 Å². The molecule has 144 valence electrons. The van der Waals surface area contributed by atoms with Gasteiger partial charge in [-0.05, 0) is 30.4 Å². The number of carbonyl (C=O) groups is 1. The van der Waals surface area contributed by atoms with Crippen molar-refractivity contribution in [2.75, 3.05) is 26.0 Å². The molecule has 3 heterocycles. The van der Waals surface area contributed by atoms with Crippen molar-refractivity contribution in [2.45, 2.75) is 35.5 Å². The summed E-state index contributed by atoms with van der Waals surface area (Å²) in [4.78, 5) is 14.8. The Bertz CT molecular complexity index is 949. The first kappa shape index (κ1) is 18.5. The average Bonchev–Trinajstić information content (AvgIpc) is 3.17. The molecule has 27 heavy (non-hydrogen) atoms. The van der Waals surface area contributed by atoms with Crippen LogP contribution in [0.5, 0.6) is 0 Å². The van der Waals surface area contributed by atoms with Gasteiger partial charge in [-0.15, -0.1) is 5.10 Å². The minimum Gasteiger partial charge on any atom is -0.363 e. The Labute approximate surface area is 162 Å². The molecule has 0 spiro atoms. The lowest BCUT2D eigenvalue weighted by Crippen LogP contribution is -2.42. The van der Waals surface area contributed by atoms with Crippen molar-refractivity contribution in [3.05, 3.63) is 41.1 Å². The summed E-state index contributed by atoms with van der Waals surface area (Å²) in [7, 11) is -3.33. The Hall–Kier alpha value is -1.84. The average molecular weight is 408 g/mol. The van der Waals surface area contributed by atoms with Crippen LogP contribution in [0.2, 0.25) is 0 Å². The molecule has 1 aromatic carbocycles. The van der Waals surface area contributed by atoms with E-state index in [1.54, 1.807) is 0 Å². The molecule has 9 heteroatoms. The Morgan fingerprint density at radius 2 is 2.00 bits per heavy atom. The van der Waals surface area contributed by atoms with Crippen LogP contribution in [0.4, 0.5) is 0 Å². The van der Waals surface area contributed by atoms with Crippen molar-refractivity contribution < 1.29 is 17.9 Å². The van der Waals surface area contributed by atoms with Crippen LogP contribution in [0.1, 0.15) is 41.7 Å². The first-order chi connectivity index (χ1) is 12.9. The van der Waals surface area contributed by atoms with Crippen LogP contribution in [-0.4, -0.2) is 54.8 Å². The molecular formula is C18H21N3O4S2. The number of ether oxygens (including phenoxy) is 1. The number of rotatable bonds is 3. The second-order valence-corrected chi connectivity index (χ2v) is 9.98. The van der Waals surface area contributed by atoms with E-state index in [2.05, 4.69) is 9.59 Å². The largest absolute Gasteiger partial charge is 0.363 e. The number of amides is 1. The maximum atomic E-state index is 13.0. The summed E-state index contributed by atoms with van der Waals surface area (Å²) in [5.74, 6) is -0.00238. The third-order valence-corrected chi connectivity index (χ3v) is 7.78. The monoisotopic (exact) mass is 407 g/mol. The summed E-state index contributed by atoms with van der Waals surface area (Å²) >= 11 is 0.923. The maximum Gasteiger partial charge on any atom is 0.256 e. The van der Waals surface area contributed by atoms with E-state index in [0.29, 0.717) is 38.2 Å².